The number of benzene rings is 1. The van der Waals surface area contributed by atoms with E-state index in [9.17, 15) is 10.1 Å². The van der Waals surface area contributed by atoms with Crippen molar-refractivity contribution in [3.63, 3.8) is 0 Å². The van der Waals surface area contributed by atoms with Crippen LogP contribution in [-0.2, 0) is 0 Å². The molecule has 1 aliphatic heterocycles. The van der Waals surface area contributed by atoms with Crippen LogP contribution in [0.25, 0.3) is 0 Å². The Labute approximate surface area is 90.3 Å². The van der Waals surface area contributed by atoms with E-state index in [1.807, 2.05) is 0 Å². The number of ether oxygens (including phenoxy) is 3. The number of aliphatic hydroxyl groups is 1. The molecule has 1 aromatic carbocycles. The summed E-state index contributed by atoms with van der Waals surface area (Å²) in [5, 5.41) is 19.4. The van der Waals surface area contributed by atoms with Crippen molar-refractivity contribution in [3.8, 4) is 17.2 Å². The number of hydrogen-bond donors (Lipinski definition) is 1. The van der Waals surface area contributed by atoms with Gasteiger partial charge < -0.3 is 19.3 Å². The van der Waals surface area contributed by atoms with E-state index >= 15 is 0 Å². The van der Waals surface area contributed by atoms with Crippen molar-refractivity contribution < 1.29 is 24.2 Å². The van der Waals surface area contributed by atoms with Crippen LogP contribution in [0.1, 0.15) is 0 Å². The summed E-state index contributed by atoms with van der Waals surface area (Å²) in [6.07, 6.45) is 0. The van der Waals surface area contributed by atoms with Gasteiger partial charge in [0.1, 0.15) is 6.61 Å². The molecule has 0 unspecified atom stereocenters. The lowest BCUT2D eigenvalue weighted by atomic mass is 10.2. The van der Waals surface area contributed by atoms with Gasteiger partial charge in [-0.25, -0.2) is 0 Å². The second kappa shape index (κ2) is 4.23. The molecule has 0 fully saturated rings. The van der Waals surface area contributed by atoms with Gasteiger partial charge in [-0.3, -0.25) is 10.1 Å². The quantitative estimate of drug-likeness (QED) is 0.601. The summed E-state index contributed by atoms with van der Waals surface area (Å²) in [4.78, 5) is 10.2. The Morgan fingerprint density at radius 3 is 2.75 bits per heavy atom. The summed E-state index contributed by atoms with van der Waals surface area (Å²) >= 11 is 0. The molecule has 7 nitrogen and oxygen atoms in total. The highest BCUT2D eigenvalue weighted by molar-refractivity contribution is 5.58. The van der Waals surface area contributed by atoms with Gasteiger partial charge in [-0.1, -0.05) is 0 Å². The van der Waals surface area contributed by atoms with E-state index in [1.165, 1.54) is 12.1 Å². The first kappa shape index (κ1) is 10.5. The van der Waals surface area contributed by atoms with Gasteiger partial charge in [0.15, 0.2) is 11.5 Å². The van der Waals surface area contributed by atoms with Crippen LogP contribution in [0.15, 0.2) is 12.1 Å². The van der Waals surface area contributed by atoms with Crippen molar-refractivity contribution in [3.05, 3.63) is 22.2 Å². The van der Waals surface area contributed by atoms with Crippen LogP contribution >= 0.6 is 0 Å². The largest absolute Gasteiger partial charge is 0.484 e. The monoisotopic (exact) mass is 227 g/mol. The van der Waals surface area contributed by atoms with Crippen LogP contribution in [0.4, 0.5) is 5.69 Å². The molecule has 0 saturated heterocycles. The Kier molecular flexibility index (Phi) is 2.78. The molecule has 2 rings (SSSR count). The van der Waals surface area contributed by atoms with E-state index in [4.69, 9.17) is 19.3 Å². The van der Waals surface area contributed by atoms with Gasteiger partial charge in [0.25, 0.3) is 0 Å². The second-order valence-electron chi connectivity index (χ2n) is 3.00. The summed E-state index contributed by atoms with van der Waals surface area (Å²) < 4.78 is 15.1. The Balaban J connectivity index is 2.36. The number of rotatable bonds is 4. The van der Waals surface area contributed by atoms with Gasteiger partial charge >= 0.3 is 5.69 Å². The van der Waals surface area contributed by atoms with Crippen molar-refractivity contribution in [2.24, 2.45) is 0 Å². The lowest BCUT2D eigenvalue weighted by Crippen LogP contribution is -2.03. The van der Waals surface area contributed by atoms with E-state index in [0.29, 0.717) is 11.5 Å². The van der Waals surface area contributed by atoms with Crippen molar-refractivity contribution in [1.82, 2.24) is 0 Å². The summed E-state index contributed by atoms with van der Waals surface area (Å²) in [6, 6.07) is 2.63. The van der Waals surface area contributed by atoms with E-state index in [0.717, 1.165) is 0 Å². The number of hydrogen-bond acceptors (Lipinski definition) is 6. The molecule has 7 heteroatoms. The predicted molar refractivity (Wildman–Crippen MR) is 51.8 cm³/mol. The average molecular weight is 227 g/mol. The lowest BCUT2D eigenvalue weighted by Gasteiger charge is -2.05. The third-order valence-corrected chi connectivity index (χ3v) is 2.00. The van der Waals surface area contributed by atoms with Crippen LogP contribution in [0.2, 0.25) is 0 Å². The minimum Gasteiger partial charge on any atom is -0.484 e. The molecule has 0 aliphatic carbocycles. The molecule has 0 radical (unpaired) electrons. The fourth-order valence-electron chi connectivity index (χ4n) is 1.33. The van der Waals surface area contributed by atoms with Crippen molar-refractivity contribution in [1.29, 1.82) is 0 Å². The minimum absolute atomic E-state index is 0.0134. The zero-order valence-electron chi connectivity index (χ0n) is 8.21. The van der Waals surface area contributed by atoms with E-state index in [-0.39, 0.29) is 31.4 Å². The number of nitrogens with zero attached hydrogens (tertiary/aromatic N) is 1. The van der Waals surface area contributed by atoms with Gasteiger partial charge in [0.2, 0.25) is 12.5 Å². The van der Waals surface area contributed by atoms with Crippen LogP contribution in [0, 0.1) is 10.1 Å². The fourth-order valence-corrected chi connectivity index (χ4v) is 1.33. The van der Waals surface area contributed by atoms with Gasteiger partial charge in [-0.2, -0.15) is 0 Å². The Morgan fingerprint density at radius 2 is 2.12 bits per heavy atom. The number of nitro benzene ring substituents is 1. The molecule has 0 saturated carbocycles. The summed E-state index contributed by atoms with van der Waals surface area (Å²) in [5.74, 6) is 0.782. The molecule has 1 N–H and O–H groups in total. The molecule has 0 atom stereocenters. The van der Waals surface area contributed by atoms with E-state index in [2.05, 4.69) is 0 Å². The summed E-state index contributed by atoms with van der Waals surface area (Å²) in [6.45, 7) is -0.192. The van der Waals surface area contributed by atoms with Gasteiger partial charge in [0.05, 0.1) is 17.6 Å². The third kappa shape index (κ3) is 1.84. The standard InChI is InChI=1S/C9H9NO6/c11-1-2-14-7-4-9-8(15-5-16-9)3-6(7)10(12)13/h3-4,11H,1-2,5H2. The normalized spacial score (nSPS) is 12.6. The Bertz CT molecular complexity index is 419. The van der Waals surface area contributed by atoms with Gasteiger partial charge in [-0.05, 0) is 0 Å². The number of aliphatic hydroxyl groups excluding tert-OH is 1. The van der Waals surface area contributed by atoms with E-state index < -0.39 is 4.92 Å². The highest BCUT2D eigenvalue weighted by atomic mass is 16.7. The molecule has 1 aliphatic rings. The Morgan fingerprint density at radius 1 is 1.44 bits per heavy atom. The van der Waals surface area contributed by atoms with Gasteiger partial charge in [-0.15, -0.1) is 0 Å². The van der Waals surface area contributed by atoms with Gasteiger partial charge in [0, 0.05) is 6.07 Å². The first-order chi connectivity index (χ1) is 7.72. The maximum Gasteiger partial charge on any atom is 0.314 e. The first-order valence-electron chi connectivity index (χ1n) is 4.54. The second-order valence-corrected chi connectivity index (χ2v) is 3.00. The molecular formula is C9H9NO6. The van der Waals surface area contributed by atoms with Crippen LogP contribution in [0.5, 0.6) is 17.2 Å². The van der Waals surface area contributed by atoms with E-state index in [1.54, 1.807) is 0 Å². The van der Waals surface area contributed by atoms with Crippen LogP contribution < -0.4 is 14.2 Å². The first-order valence-corrected chi connectivity index (χ1v) is 4.54. The molecule has 0 spiro atoms. The SMILES string of the molecule is O=[N+]([O-])c1cc2c(cc1OCCO)OCO2. The molecule has 1 heterocycles. The summed E-state index contributed by atoms with van der Waals surface area (Å²) in [5.41, 5.74) is -0.210. The van der Waals surface area contributed by atoms with Crippen LogP contribution in [0.3, 0.4) is 0 Å². The predicted octanol–water partition coefficient (Wildman–Crippen LogP) is 0.695. The molecule has 86 valence electrons. The zero-order valence-corrected chi connectivity index (χ0v) is 8.21. The maximum atomic E-state index is 10.8. The zero-order chi connectivity index (χ0) is 11.5. The molecule has 16 heavy (non-hydrogen) atoms. The van der Waals surface area contributed by atoms with Crippen LogP contribution in [-0.4, -0.2) is 30.0 Å². The lowest BCUT2D eigenvalue weighted by molar-refractivity contribution is -0.385. The maximum absolute atomic E-state index is 10.8. The number of nitro groups is 1. The van der Waals surface area contributed by atoms with Crippen molar-refractivity contribution in [2.75, 3.05) is 20.0 Å². The highest BCUT2D eigenvalue weighted by Gasteiger charge is 2.24. The third-order valence-electron chi connectivity index (χ3n) is 2.00. The fraction of sp³-hybridized carbons (Fsp3) is 0.333. The molecule has 0 amide bonds. The number of fused-ring (bicyclic) bond motifs is 1. The minimum atomic E-state index is -0.575. The Hall–Kier alpha value is -2.02. The van der Waals surface area contributed by atoms with Crippen molar-refractivity contribution >= 4 is 5.69 Å². The topological polar surface area (TPSA) is 91.1 Å². The summed E-state index contributed by atoms with van der Waals surface area (Å²) in [7, 11) is 0. The molecule has 0 aromatic heterocycles. The average Bonchev–Trinajstić information content (AvgIpc) is 2.71. The smallest absolute Gasteiger partial charge is 0.314 e. The molecule has 0 bridgehead atoms. The highest BCUT2D eigenvalue weighted by Crippen LogP contribution is 2.41. The molecule has 1 aromatic rings. The molecular weight excluding hydrogens is 218 g/mol. The van der Waals surface area contributed by atoms with Crippen molar-refractivity contribution in [2.45, 2.75) is 0 Å².